The van der Waals surface area contributed by atoms with Gasteiger partial charge in [0.2, 0.25) is 0 Å². The molecule has 2 atom stereocenters. The summed E-state index contributed by atoms with van der Waals surface area (Å²) in [5.74, 6) is -0.659. The molecule has 2 rings (SSSR count). The van der Waals surface area contributed by atoms with Crippen molar-refractivity contribution in [2.75, 3.05) is 33.8 Å². The molecule has 1 aliphatic rings. The zero-order valence-electron chi connectivity index (χ0n) is 12.3. The predicted octanol–water partition coefficient (Wildman–Crippen LogP) is 0.728. The fourth-order valence-electron chi connectivity index (χ4n) is 2.58. The Hall–Kier alpha value is -1.66. The molecule has 21 heavy (non-hydrogen) atoms. The maximum Gasteiger partial charge on any atom is 0.260 e. The lowest BCUT2D eigenvalue weighted by atomic mass is 10.2. The standard InChI is InChI=1S/C15H21FN2O3/c1-17(2)8-11-7-12(19)9-18(11)15(20)10-21-14-6-4-3-5-13(14)16/h3-6,11-12,19H,7-10H2,1-2H3. The second-order valence-electron chi connectivity index (χ2n) is 5.57. The van der Waals surface area contributed by atoms with Gasteiger partial charge in [-0.05, 0) is 32.6 Å². The van der Waals surface area contributed by atoms with E-state index in [4.69, 9.17) is 4.74 Å². The number of halogens is 1. The van der Waals surface area contributed by atoms with Gasteiger partial charge in [-0.2, -0.15) is 0 Å². The summed E-state index contributed by atoms with van der Waals surface area (Å²) in [7, 11) is 3.84. The smallest absolute Gasteiger partial charge is 0.260 e. The molecule has 1 aromatic rings. The van der Waals surface area contributed by atoms with E-state index in [1.54, 1.807) is 17.0 Å². The summed E-state index contributed by atoms with van der Waals surface area (Å²) in [6, 6.07) is 5.95. The van der Waals surface area contributed by atoms with Crippen molar-refractivity contribution in [2.24, 2.45) is 0 Å². The van der Waals surface area contributed by atoms with Crippen molar-refractivity contribution in [2.45, 2.75) is 18.6 Å². The molecule has 6 heteroatoms. The number of amides is 1. The number of para-hydroxylation sites is 1. The number of hydrogen-bond acceptors (Lipinski definition) is 4. The number of ether oxygens (including phenoxy) is 1. The number of β-amino-alcohol motifs (C(OH)–C–C–N with tert-alkyl or cyclic N) is 1. The third kappa shape index (κ3) is 4.15. The highest BCUT2D eigenvalue weighted by atomic mass is 19.1. The van der Waals surface area contributed by atoms with Crippen LogP contribution < -0.4 is 4.74 Å². The van der Waals surface area contributed by atoms with Gasteiger partial charge in [0.15, 0.2) is 18.2 Å². The van der Waals surface area contributed by atoms with E-state index < -0.39 is 11.9 Å². The number of rotatable bonds is 5. The van der Waals surface area contributed by atoms with Crippen LogP contribution in [0.1, 0.15) is 6.42 Å². The maximum atomic E-state index is 13.4. The summed E-state index contributed by atoms with van der Waals surface area (Å²) >= 11 is 0. The van der Waals surface area contributed by atoms with Crippen LogP contribution in [0.3, 0.4) is 0 Å². The van der Waals surface area contributed by atoms with Crippen molar-refractivity contribution >= 4 is 5.91 Å². The number of nitrogens with zero attached hydrogens (tertiary/aromatic N) is 2. The molecule has 1 aliphatic heterocycles. The molecule has 1 amide bonds. The van der Waals surface area contributed by atoms with Crippen LogP contribution in [-0.4, -0.2) is 66.8 Å². The van der Waals surface area contributed by atoms with Gasteiger partial charge in [0.05, 0.1) is 6.10 Å². The third-order valence-corrected chi connectivity index (χ3v) is 3.48. The van der Waals surface area contributed by atoms with Gasteiger partial charge in [0, 0.05) is 19.1 Å². The summed E-state index contributed by atoms with van der Waals surface area (Å²) in [5.41, 5.74) is 0. The van der Waals surface area contributed by atoms with E-state index in [2.05, 4.69) is 0 Å². The van der Waals surface area contributed by atoms with E-state index in [0.29, 0.717) is 19.5 Å². The van der Waals surface area contributed by atoms with Gasteiger partial charge in [0.1, 0.15) is 0 Å². The van der Waals surface area contributed by atoms with E-state index in [-0.39, 0.29) is 24.3 Å². The lowest BCUT2D eigenvalue weighted by molar-refractivity contribution is -0.134. The van der Waals surface area contributed by atoms with Gasteiger partial charge < -0.3 is 19.6 Å². The number of carbonyl (C=O) groups excluding carboxylic acids is 1. The fraction of sp³-hybridized carbons (Fsp3) is 0.533. The van der Waals surface area contributed by atoms with Crippen molar-refractivity contribution in [1.29, 1.82) is 0 Å². The zero-order chi connectivity index (χ0) is 15.4. The summed E-state index contributed by atoms with van der Waals surface area (Å²) in [5, 5.41) is 9.75. The van der Waals surface area contributed by atoms with E-state index in [0.717, 1.165) is 0 Å². The summed E-state index contributed by atoms with van der Waals surface area (Å²) in [4.78, 5) is 15.8. The summed E-state index contributed by atoms with van der Waals surface area (Å²) in [6.45, 7) is 0.762. The molecular weight excluding hydrogens is 275 g/mol. The first-order chi connectivity index (χ1) is 9.97. The normalized spacial score (nSPS) is 21.9. The van der Waals surface area contributed by atoms with Gasteiger partial charge in [-0.1, -0.05) is 12.1 Å². The highest BCUT2D eigenvalue weighted by Crippen LogP contribution is 2.20. The number of hydrogen-bond donors (Lipinski definition) is 1. The van der Waals surface area contributed by atoms with Crippen LogP contribution in [0.4, 0.5) is 4.39 Å². The molecule has 0 bridgehead atoms. The van der Waals surface area contributed by atoms with Gasteiger partial charge in [-0.3, -0.25) is 4.79 Å². The molecule has 0 aromatic heterocycles. The Bertz CT molecular complexity index is 496. The van der Waals surface area contributed by atoms with Crippen molar-refractivity contribution in [3.8, 4) is 5.75 Å². The van der Waals surface area contributed by atoms with Gasteiger partial charge >= 0.3 is 0 Å². The monoisotopic (exact) mass is 296 g/mol. The Morgan fingerprint density at radius 3 is 2.86 bits per heavy atom. The number of aliphatic hydroxyl groups is 1. The first-order valence-corrected chi connectivity index (χ1v) is 6.97. The zero-order valence-corrected chi connectivity index (χ0v) is 12.3. The number of likely N-dealkylation sites (tertiary alicyclic amines) is 1. The Morgan fingerprint density at radius 2 is 2.19 bits per heavy atom. The van der Waals surface area contributed by atoms with Crippen molar-refractivity contribution < 1.29 is 19.0 Å². The van der Waals surface area contributed by atoms with E-state index in [1.807, 2.05) is 19.0 Å². The van der Waals surface area contributed by atoms with Gasteiger partial charge in [-0.15, -0.1) is 0 Å². The second kappa shape index (κ2) is 6.87. The van der Waals surface area contributed by atoms with Crippen molar-refractivity contribution in [1.82, 2.24) is 9.80 Å². The first kappa shape index (κ1) is 15.7. The Kier molecular flexibility index (Phi) is 5.14. The van der Waals surface area contributed by atoms with Crippen LogP contribution in [0, 0.1) is 5.82 Å². The lowest BCUT2D eigenvalue weighted by Gasteiger charge is -2.26. The van der Waals surface area contributed by atoms with E-state index in [1.165, 1.54) is 12.1 Å². The minimum Gasteiger partial charge on any atom is -0.481 e. The molecule has 1 saturated heterocycles. The maximum absolute atomic E-state index is 13.4. The molecule has 116 valence electrons. The quantitative estimate of drug-likeness (QED) is 0.870. The number of likely N-dealkylation sites (N-methyl/N-ethyl adjacent to an activating group) is 1. The largest absolute Gasteiger partial charge is 0.481 e. The topological polar surface area (TPSA) is 53.0 Å². The minimum absolute atomic E-state index is 0.0354. The fourth-order valence-corrected chi connectivity index (χ4v) is 2.58. The van der Waals surface area contributed by atoms with Crippen LogP contribution in [-0.2, 0) is 4.79 Å². The molecule has 0 spiro atoms. The van der Waals surface area contributed by atoms with Crippen LogP contribution in [0.5, 0.6) is 5.75 Å². The molecule has 0 radical (unpaired) electrons. The highest BCUT2D eigenvalue weighted by molar-refractivity contribution is 5.78. The lowest BCUT2D eigenvalue weighted by Crippen LogP contribution is -2.43. The highest BCUT2D eigenvalue weighted by Gasteiger charge is 2.34. The Balaban J connectivity index is 1.94. The molecule has 5 nitrogen and oxygen atoms in total. The molecule has 2 unspecified atom stereocenters. The molecule has 1 aromatic carbocycles. The number of carbonyl (C=O) groups is 1. The summed E-state index contributed by atoms with van der Waals surface area (Å²) in [6.07, 6.45) is 0.0521. The second-order valence-corrected chi connectivity index (χ2v) is 5.57. The van der Waals surface area contributed by atoms with Crippen LogP contribution in [0.2, 0.25) is 0 Å². The first-order valence-electron chi connectivity index (χ1n) is 6.97. The van der Waals surface area contributed by atoms with Crippen LogP contribution in [0.25, 0.3) is 0 Å². The Morgan fingerprint density at radius 1 is 1.48 bits per heavy atom. The molecule has 1 heterocycles. The molecule has 1 fully saturated rings. The SMILES string of the molecule is CN(C)CC1CC(O)CN1C(=O)COc1ccccc1F. The van der Waals surface area contributed by atoms with Crippen molar-refractivity contribution in [3.63, 3.8) is 0 Å². The predicted molar refractivity (Wildman–Crippen MR) is 76.6 cm³/mol. The summed E-state index contributed by atoms with van der Waals surface area (Å²) < 4.78 is 18.7. The van der Waals surface area contributed by atoms with Gasteiger partial charge in [0.25, 0.3) is 5.91 Å². The number of aliphatic hydroxyl groups excluding tert-OH is 1. The Labute approximate surface area is 123 Å². The van der Waals surface area contributed by atoms with E-state index >= 15 is 0 Å². The third-order valence-electron chi connectivity index (χ3n) is 3.48. The van der Waals surface area contributed by atoms with Gasteiger partial charge in [-0.25, -0.2) is 4.39 Å². The number of benzene rings is 1. The average Bonchev–Trinajstić information content (AvgIpc) is 2.77. The minimum atomic E-state index is -0.507. The molecule has 0 aliphatic carbocycles. The molecule has 1 N–H and O–H groups in total. The van der Waals surface area contributed by atoms with Crippen LogP contribution in [0.15, 0.2) is 24.3 Å². The van der Waals surface area contributed by atoms with Crippen molar-refractivity contribution in [3.05, 3.63) is 30.1 Å². The molecular formula is C15H21FN2O3. The molecule has 0 saturated carbocycles. The van der Waals surface area contributed by atoms with E-state index in [9.17, 15) is 14.3 Å². The average molecular weight is 296 g/mol. The van der Waals surface area contributed by atoms with Crippen LogP contribution >= 0.6 is 0 Å².